The topological polar surface area (TPSA) is 110 Å². The predicted octanol–water partition coefficient (Wildman–Crippen LogP) is 4.56. The molecule has 3 rings (SSSR count). The van der Waals surface area contributed by atoms with Gasteiger partial charge in [0.15, 0.2) is 0 Å². The lowest BCUT2D eigenvalue weighted by Crippen LogP contribution is -2.43. The molecule has 30 heavy (non-hydrogen) atoms. The van der Waals surface area contributed by atoms with Crippen molar-refractivity contribution in [2.45, 2.75) is 32.9 Å². The van der Waals surface area contributed by atoms with E-state index in [4.69, 9.17) is 4.84 Å². The lowest BCUT2D eigenvalue weighted by Gasteiger charge is -2.24. The summed E-state index contributed by atoms with van der Waals surface area (Å²) in [5, 5.41) is 13.8. The van der Waals surface area contributed by atoms with Gasteiger partial charge in [-0.25, -0.2) is 15.3 Å². The third-order valence-corrected chi connectivity index (χ3v) is 4.78. The summed E-state index contributed by atoms with van der Waals surface area (Å²) in [6.07, 6.45) is 3.32. The summed E-state index contributed by atoms with van der Waals surface area (Å²) in [5.74, 6) is 0.361. The molecule has 0 aliphatic rings. The number of anilines is 1. The van der Waals surface area contributed by atoms with Crippen molar-refractivity contribution in [3.05, 3.63) is 69.8 Å². The highest BCUT2D eigenvalue weighted by molar-refractivity contribution is 7.13. The maximum Gasteiger partial charge on any atom is 0.347 e. The molecule has 3 aromatic rings. The number of para-hydroxylation sites is 1. The number of hydroxylamine groups is 1. The number of hydrogen-bond donors (Lipinski definition) is 1. The number of nitro benzene ring substituents is 1. The van der Waals surface area contributed by atoms with Gasteiger partial charge in [0.05, 0.1) is 17.1 Å². The van der Waals surface area contributed by atoms with Crippen LogP contribution in [0.15, 0.2) is 54.2 Å². The van der Waals surface area contributed by atoms with Crippen molar-refractivity contribution in [2.75, 3.05) is 4.90 Å². The van der Waals surface area contributed by atoms with Crippen molar-refractivity contribution >= 4 is 28.9 Å². The molecule has 0 aliphatic heterocycles. The zero-order chi connectivity index (χ0) is 21.7. The molecule has 2 aromatic heterocycles. The lowest BCUT2D eigenvalue weighted by molar-refractivity contribution is -0.385. The predicted molar refractivity (Wildman–Crippen MR) is 114 cm³/mol. The van der Waals surface area contributed by atoms with Crippen LogP contribution in [-0.2, 0) is 11.4 Å². The van der Waals surface area contributed by atoms with E-state index >= 15 is 0 Å². The maximum atomic E-state index is 12.9. The Morgan fingerprint density at radius 2 is 1.93 bits per heavy atom. The van der Waals surface area contributed by atoms with Gasteiger partial charge in [0.25, 0.3) is 5.69 Å². The average Bonchev–Trinajstić information content (AvgIpc) is 3.20. The molecule has 0 spiro atoms. The minimum absolute atomic E-state index is 0.0456. The molecule has 10 heteroatoms. The number of benzene rings is 1. The number of aromatic nitrogens is 2. The first-order valence-electron chi connectivity index (χ1n) is 9.08. The quantitative estimate of drug-likeness (QED) is 0.456. The van der Waals surface area contributed by atoms with Gasteiger partial charge < -0.3 is 0 Å². The lowest BCUT2D eigenvalue weighted by atomic mass is 10.1. The molecule has 2 heterocycles. The van der Waals surface area contributed by atoms with E-state index in [2.05, 4.69) is 15.4 Å². The fraction of sp³-hybridized carbons (Fsp3) is 0.250. The summed E-state index contributed by atoms with van der Waals surface area (Å²) >= 11 is 1.36. The van der Waals surface area contributed by atoms with Crippen LogP contribution in [-0.4, -0.2) is 26.5 Å². The van der Waals surface area contributed by atoms with Crippen LogP contribution in [0.3, 0.4) is 0 Å². The van der Waals surface area contributed by atoms with Crippen molar-refractivity contribution in [3.63, 3.8) is 0 Å². The highest BCUT2D eigenvalue weighted by Crippen LogP contribution is 2.29. The van der Waals surface area contributed by atoms with E-state index in [0.29, 0.717) is 16.4 Å². The third kappa shape index (κ3) is 5.37. The van der Waals surface area contributed by atoms with Crippen LogP contribution in [0.25, 0.3) is 10.6 Å². The van der Waals surface area contributed by atoms with Crippen molar-refractivity contribution in [2.24, 2.45) is 0 Å². The fourth-order valence-corrected chi connectivity index (χ4v) is 3.33. The number of urea groups is 1. The first-order valence-corrected chi connectivity index (χ1v) is 9.96. The molecular formula is C20H21N5O4S. The number of hydrogen-bond acceptors (Lipinski definition) is 7. The summed E-state index contributed by atoms with van der Waals surface area (Å²) in [4.78, 5) is 39.1. The van der Waals surface area contributed by atoms with Crippen LogP contribution in [0, 0.1) is 10.1 Å². The summed E-state index contributed by atoms with van der Waals surface area (Å²) in [6, 6.07) is 9.34. The molecule has 0 atom stereocenters. The van der Waals surface area contributed by atoms with Gasteiger partial charge in [0, 0.05) is 35.0 Å². The summed E-state index contributed by atoms with van der Waals surface area (Å²) in [5.41, 5.74) is 2.97. The number of thiazole rings is 1. The second kappa shape index (κ2) is 8.97. The number of nitrogens with one attached hydrogen (secondary N) is 1. The van der Waals surface area contributed by atoms with Gasteiger partial charge in [0.1, 0.15) is 10.8 Å². The fourth-order valence-electron chi connectivity index (χ4n) is 2.52. The van der Waals surface area contributed by atoms with Crippen LogP contribution in [0.1, 0.15) is 26.3 Å². The number of nitrogens with zero attached hydrogens (tertiary/aromatic N) is 4. The third-order valence-electron chi connectivity index (χ3n) is 3.90. The van der Waals surface area contributed by atoms with Gasteiger partial charge in [-0.3, -0.25) is 24.8 Å². The molecule has 2 amide bonds. The Balaban J connectivity index is 1.93. The number of rotatable bonds is 6. The van der Waals surface area contributed by atoms with Crippen molar-refractivity contribution in [1.29, 1.82) is 0 Å². The van der Waals surface area contributed by atoms with Crippen LogP contribution >= 0.6 is 11.3 Å². The molecular weight excluding hydrogens is 406 g/mol. The maximum absolute atomic E-state index is 12.9. The summed E-state index contributed by atoms with van der Waals surface area (Å²) in [6.45, 7) is 5.34. The van der Waals surface area contributed by atoms with Gasteiger partial charge in [0.2, 0.25) is 0 Å². The monoisotopic (exact) mass is 427 g/mol. The van der Waals surface area contributed by atoms with Crippen LogP contribution < -0.4 is 10.4 Å². The van der Waals surface area contributed by atoms with Crippen LogP contribution in [0.2, 0.25) is 0 Å². The zero-order valence-electron chi connectivity index (χ0n) is 16.7. The van der Waals surface area contributed by atoms with E-state index in [0.717, 1.165) is 5.56 Å². The van der Waals surface area contributed by atoms with Gasteiger partial charge in [-0.05, 0) is 32.9 Å². The van der Waals surface area contributed by atoms with Gasteiger partial charge in [-0.15, -0.1) is 11.3 Å². The van der Waals surface area contributed by atoms with E-state index in [1.54, 1.807) is 56.7 Å². The normalized spacial score (nSPS) is 11.2. The highest BCUT2D eigenvalue weighted by Gasteiger charge is 2.25. The van der Waals surface area contributed by atoms with Crippen molar-refractivity contribution in [1.82, 2.24) is 15.4 Å². The number of carbonyl (C=O) groups excluding carboxylic acids is 1. The Morgan fingerprint density at radius 1 is 1.23 bits per heavy atom. The highest BCUT2D eigenvalue weighted by atomic mass is 32.1. The van der Waals surface area contributed by atoms with E-state index < -0.39 is 16.6 Å². The molecule has 0 aliphatic carbocycles. The number of nitro groups is 1. The Labute approximate surface area is 177 Å². The molecule has 9 nitrogen and oxygen atoms in total. The minimum atomic E-state index is -0.607. The van der Waals surface area contributed by atoms with Crippen molar-refractivity contribution < 1.29 is 14.6 Å². The van der Waals surface area contributed by atoms with Gasteiger partial charge in [-0.1, -0.05) is 18.2 Å². The van der Waals surface area contributed by atoms with E-state index in [1.807, 2.05) is 12.1 Å². The second-order valence-electron chi connectivity index (χ2n) is 7.34. The Morgan fingerprint density at radius 3 is 2.60 bits per heavy atom. The number of amides is 2. The zero-order valence-corrected chi connectivity index (χ0v) is 17.5. The van der Waals surface area contributed by atoms with E-state index in [1.165, 1.54) is 22.3 Å². The second-order valence-corrected chi connectivity index (χ2v) is 8.20. The Hall–Kier alpha value is -3.37. The number of pyridine rings is 1. The molecule has 1 aromatic carbocycles. The SMILES string of the molecule is CC(C)(C)ONC(=O)N(Cc1ccccc1[N+](=O)[O-])c1csc(-c2ccncc2)n1. The largest absolute Gasteiger partial charge is 0.347 e. The number of carbonyl (C=O) groups is 1. The van der Waals surface area contributed by atoms with Crippen LogP contribution in [0.5, 0.6) is 0 Å². The Kier molecular flexibility index (Phi) is 6.38. The summed E-state index contributed by atoms with van der Waals surface area (Å²) in [7, 11) is 0. The van der Waals surface area contributed by atoms with E-state index in [-0.39, 0.29) is 12.2 Å². The first kappa shape index (κ1) is 21.3. The molecule has 0 radical (unpaired) electrons. The smallest absolute Gasteiger partial charge is 0.271 e. The van der Waals surface area contributed by atoms with Crippen molar-refractivity contribution in [3.8, 4) is 10.6 Å². The average molecular weight is 427 g/mol. The van der Waals surface area contributed by atoms with Gasteiger partial charge in [-0.2, -0.15) is 0 Å². The van der Waals surface area contributed by atoms with E-state index in [9.17, 15) is 14.9 Å². The minimum Gasteiger partial charge on any atom is -0.271 e. The first-order chi connectivity index (χ1) is 14.2. The molecule has 0 saturated carbocycles. The molecule has 0 unspecified atom stereocenters. The van der Waals surface area contributed by atoms with Gasteiger partial charge >= 0.3 is 6.03 Å². The summed E-state index contributed by atoms with van der Waals surface area (Å²) < 4.78 is 0. The molecule has 0 fully saturated rings. The standard InChI is InChI=1S/C20H21N5O4S/c1-20(2,3)29-23-19(26)24(12-15-6-4-5-7-16(15)25(27)28)17-13-30-18(22-17)14-8-10-21-11-9-14/h4-11,13H,12H2,1-3H3,(H,23,26). The van der Waals surface area contributed by atoms with Crippen LogP contribution in [0.4, 0.5) is 16.3 Å². The molecule has 0 saturated heterocycles. The molecule has 1 N–H and O–H groups in total. The molecule has 156 valence electrons. The molecule has 0 bridgehead atoms. The Bertz CT molecular complexity index is 1030.